The van der Waals surface area contributed by atoms with Gasteiger partial charge in [0.25, 0.3) is 0 Å². The molecule has 2 aliphatic heterocycles. The molecule has 32 heavy (non-hydrogen) atoms. The second kappa shape index (κ2) is 7.62. The lowest BCUT2D eigenvalue weighted by Gasteiger charge is -2.32. The van der Waals surface area contributed by atoms with Crippen LogP contribution in [0.4, 0.5) is 10.6 Å². The number of nitrogens with one attached hydrogen (secondary N) is 1. The summed E-state index contributed by atoms with van der Waals surface area (Å²) in [6.45, 7) is 18.0. The van der Waals surface area contributed by atoms with E-state index in [4.69, 9.17) is 19.0 Å². The zero-order chi connectivity index (χ0) is 23.5. The summed E-state index contributed by atoms with van der Waals surface area (Å²) in [7, 11) is -0.390. The van der Waals surface area contributed by atoms with Crippen molar-refractivity contribution in [2.75, 3.05) is 18.0 Å². The molecule has 1 amide bonds. The standard InChI is InChI=1S/C24H38BN3O4/c1-21(2,3)30-20(29)27-24(8)11-16-14-28(15-17(16)12-24)19-10-9-18(13-26-19)25-31-22(4,5)23(6,7)32-25/h9-10,13,16-17H,11-12,14-15H2,1-8H3,(H,27,29)/t16-,17+,24?. The van der Waals surface area contributed by atoms with Gasteiger partial charge in [-0.1, -0.05) is 6.07 Å². The Morgan fingerprint density at radius 1 is 1.09 bits per heavy atom. The van der Waals surface area contributed by atoms with Gasteiger partial charge in [-0.15, -0.1) is 0 Å². The minimum absolute atomic E-state index is 0.211. The van der Waals surface area contributed by atoms with Gasteiger partial charge in [0.05, 0.1) is 11.2 Å². The van der Waals surface area contributed by atoms with Gasteiger partial charge in [0.15, 0.2) is 0 Å². The van der Waals surface area contributed by atoms with E-state index in [1.807, 2.05) is 27.0 Å². The van der Waals surface area contributed by atoms with Crippen molar-refractivity contribution in [3.05, 3.63) is 18.3 Å². The van der Waals surface area contributed by atoms with Gasteiger partial charge >= 0.3 is 13.2 Å². The number of rotatable bonds is 3. The molecule has 1 aliphatic carbocycles. The minimum atomic E-state index is -0.483. The van der Waals surface area contributed by atoms with Crippen molar-refractivity contribution in [1.82, 2.24) is 10.3 Å². The van der Waals surface area contributed by atoms with Crippen molar-refractivity contribution in [2.45, 2.75) is 90.6 Å². The van der Waals surface area contributed by atoms with E-state index in [9.17, 15) is 4.79 Å². The maximum Gasteiger partial charge on any atom is 0.496 e. The number of carbonyl (C=O) groups is 1. The summed E-state index contributed by atoms with van der Waals surface area (Å²) in [6.07, 6.45) is 3.47. The molecule has 3 fully saturated rings. The first-order valence-electron chi connectivity index (χ1n) is 11.7. The monoisotopic (exact) mass is 443 g/mol. The summed E-state index contributed by atoms with van der Waals surface area (Å²) >= 11 is 0. The summed E-state index contributed by atoms with van der Waals surface area (Å²) in [4.78, 5) is 19.4. The first-order valence-corrected chi connectivity index (χ1v) is 11.7. The van der Waals surface area contributed by atoms with Crippen LogP contribution in [0.5, 0.6) is 0 Å². The number of amides is 1. The predicted molar refractivity (Wildman–Crippen MR) is 126 cm³/mol. The minimum Gasteiger partial charge on any atom is -0.444 e. The molecular formula is C24H38BN3O4. The molecule has 0 bridgehead atoms. The third-order valence-corrected chi connectivity index (χ3v) is 7.42. The number of aromatic nitrogens is 1. The van der Waals surface area contributed by atoms with Crippen LogP contribution in [0.3, 0.4) is 0 Å². The SMILES string of the molecule is CC1(NC(=O)OC(C)(C)C)C[C@H]2CN(c3ccc(B4OC(C)(C)C(C)(C)O4)cn3)C[C@H]2C1. The fraction of sp³-hybridized carbons (Fsp3) is 0.750. The lowest BCUT2D eigenvalue weighted by Crippen LogP contribution is -2.47. The lowest BCUT2D eigenvalue weighted by atomic mass is 9.80. The van der Waals surface area contributed by atoms with Crippen molar-refractivity contribution >= 4 is 24.5 Å². The van der Waals surface area contributed by atoms with Crippen LogP contribution in [-0.4, -0.2) is 53.6 Å². The second-order valence-electron chi connectivity index (χ2n) is 12.1. The zero-order valence-electron chi connectivity index (χ0n) is 20.8. The number of ether oxygens (including phenoxy) is 1. The molecule has 3 atom stereocenters. The number of nitrogens with zero attached hydrogens (tertiary/aromatic N) is 2. The Hall–Kier alpha value is -1.80. The summed E-state index contributed by atoms with van der Waals surface area (Å²) < 4.78 is 17.7. The summed E-state index contributed by atoms with van der Waals surface area (Å²) in [5, 5.41) is 3.12. The van der Waals surface area contributed by atoms with Crippen molar-refractivity contribution in [2.24, 2.45) is 11.8 Å². The fourth-order valence-electron chi connectivity index (χ4n) is 5.18. The van der Waals surface area contributed by atoms with E-state index in [0.29, 0.717) is 11.8 Å². The Labute approximate surface area is 192 Å². The Morgan fingerprint density at radius 2 is 1.66 bits per heavy atom. The smallest absolute Gasteiger partial charge is 0.444 e. The van der Waals surface area contributed by atoms with Crippen LogP contribution < -0.4 is 15.7 Å². The molecule has 1 unspecified atom stereocenters. The quantitative estimate of drug-likeness (QED) is 0.721. The van der Waals surface area contributed by atoms with Crippen molar-refractivity contribution in [3.8, 4) is 0 Å². The molecular weight excluding hydrogens is 405 g/mol. The van der Waals surface area contributed by atoms with Crippen LogP contribution in [0, 0.1) is 11.8 Å². The van der Waals surface area contributed by atoms with Crippen LogP contribution in [0.2, 0.25) is 0 Å². The van der Waals surface area contributed by atoms with Crippen molar-refractivity contribution in [1.29, 1.82) is 0 Å². The van der Waals surface area contributed by atoms with E-state index < -0.39 is 5.60 Å². The van der Waals surface area contributed by atoms with Gasteiger partial charge in [0.1, 0.15) is 11.4 Å². The van der Waals surface area contributed by atoms with Gasteiger partial charge in [-0.3, -0.25) is 0 Å². The number of fused-ring (bicyclic) bond motifs is 1. The van der Waals surface area contributed by atoms with E-state index in [2.05, 4.69) is 57.0 Å². The summed E-state index contributed by atoms with van der Waals surface area (Å²) in [5.41, 5.74) is -0.465. The lowest BCUT2D eigenvalue weighted by molar-refractivity contribution is 0.00578. The molecule has 1 aromatic heterocycles. The Balaban J connectivity index is 1.34. The number of hydrogen-bond acceptors (Lipinski definition) is 6. The maximum atomic E-state index is 12.3. The normalized spacial score (nSPS) is 31.0. The Kier molecular flexibility index (Phi) is 5.57. The number of pyridine rings is 1. The molecule has 1 N–H and O–H groups in total. The first kappa shape index (κ1) is 23.4. The van der Waals surface area contributed by atoms with Crippen LogP contribution in [-0.2, 0) is 14.0 Å². The van der Waals surface area contributed by atoms with E-state index in [0.717, 1.165) is 37.2 Å². The number of alkyl carbamates (subject to hydrolysis) is 1. The van der Waals surface area contributed by atoms with E-state index in [-0.39, 0.29) is 30.0 Å². The van der Waals surface area contributed by atoms with Crippen LogP contribution in [0.25, 0.3) is 0 Å². The van der Waals surface area contributed by atoms with E-state index in [1.165, 1.54) is 0 Å². The summed E-state index contributed by atoms with van der Waals surface area (Å²) in [5.74, 6) is 2.07. The number of anilines is 1. The average molecular weight is 443 g/mol. The van der Waals surface area contributed by atoms with E-state index >= 15 is 0 Å². The van der Waals surface area contributed by atoms with Gasteiger partial charge in [0.2, 0.25) is 0 Å². The molecule has 3 heterocycles. The molecule has 4 rings (SSSR count). The van der Waals surface area contributed by atoms with Gasteiger partial charge < -0.3 is 24.3 Å². The first-order chi connectivity index (χ1) is 14.7. The highest BCUT2D eigenvalue weighted by molar-refractivity contribution is 6.62. The van der Waals surface area contributed by atoms with Crippen molar-refractivity contribution in [3.63, 3.8) is 0 Å². The second-order valence-corrected chi connectivity index (χ2v) is 12.1. The highest BCUT2D eigenvalue weighted by atomic mass is 16.7. The number of hydrogen-bond donors (Lipinski definition) is 1. The molecule has 2 saturated heterocycles. The molecule has 8 heteroatoms. The Morgan fingerprint density at radius 3 is 2.12 bits per heavy atom. The highest BCUT2D eigenvalue weighted by Crippen LogP contribution is 2.44. The largest absolute Gasteiger partial charge is 0.496 e. The zero-order valence-corrected chi connectivity index (χ0v) is 20.8. The van der Waals surface area contributed by atoms with Gasteiger partial charge in [0, 0.05) is 30.3 Å². The van der Waals surface area contributed by atoms with Crippen LogP contribution in [0.1, 0.15) is 68.2 Å². The molecule has 0 spiro atoms. The van der Waals surface area contributed by atoms with Crippen LogP contribution >= 0.6 is 0 Å². The molecule has 7 nitrogen and oxygen atoms in total. The average Bonchev–Trinajstić information content (AvgIpc) is 3.20. The number of carbonyl (C=O) groups excluding carboxylic acids is 1. The van der Waals surface area contributed by atoms with Crippen LogP contribution in [0.15, 0.2) is 18.3 Å². The molecule has 0 radical (unpaired) electrons. The van der Waals surface area contributed by atoms with E-state index in [1.54, 1.807) is 0 Å². The van der Waals surface area contributed by atoms with Gasteiger partial charge in [-0.25, -0.2) is 9.78 Å². The third-order valence-electron chi connectivity index (χ3n) is 7.42. The topological polar surface area (TPSA) is 72.9 Å². The highest BCUT2D eigenvalue weighted by Gasteiger charge is 2.52. The van der Waals surface area contributed by atoms with Gasteiger partial charge in [-0.2, -0.15) is 0 Å². The summed E-state index contributed by atoms with van der Waals surface area (Å²) in [6, 6.07) is 4.13. The Bertz CT molecular complexity index is 835. The molecule has 1 aromatic rings. The molecule has 3 aliphatic rings. The van der Waals surface area contributed by atoms with Crippen molar-refractivity contribution < 1.29 is 18.8 Å². The third kappa shape index (κ3) is 4.62. The molecule has 1 saturated carbocycles. The molecule has 176 valence electrons. The maximum absolute atomic E-state index is 12.3. The molecule has 0 aromatic carbocycles. The van der Waals surface area contributed by atoms with Gasteiger partial charge in [-0.05, 0) is 86.1 Å². The predicted octanol–water partition coefficient (Wildman–Crippen LogP) is 3.51. The fourth-order valence-corrected chi connectivity index (χ4v) is 5.18.